The molecule has 0 heterocycles. The SMILES string of the molecule is C[C@H](O)[C@H](O)[C@H](O)C(=O)C(=O)O. The first-order chi connectivity index (χ1) is 5.37. The minimum Gasteiger partial charge on any atom is -0.475 e. The third kappa shape index (κ3) is 2.57. The van der Waals surface area contributed by atoms with Gasteiger partial charge >= 0.3 is 5.97 Å². The van der Waals surface area contributed by atoms with Crippen LogP contribution in [0.5, 0.6) is 0 Å². The molecule has 0 aromatic carbocycles. The second-order valence-corrected chi connectivity index (χ2v) is 2.35. The van der Waals surface area contributed by atoms with E-state index in [1.165, 1.54) is 0 Å². The van der Waals surface area contributed by atoms with Gasteiger partial charge in [-0.1, -0.05) is 0 Å². The summed E-state index contributed by atoms with van der Waals surface area (Å²) in [5.41, 5.74) is 0. The number of aliphatic carboxylic acids is 1. The molecule has 12 heavy (non-hydrogen) atoms. The highest BCUT2D eigenvalue weighted by Gasteiger charge is 2.31. The Kier molecular flexibility index (Phi) is 3.81. The van der Waals surface area contributed by atoms with Gasteiger partial charge in [0.05, 0.1) is 6.10 Å². The van der Waals surface area contributed by atoms with Crippen molar-refractivity contribution in [1.82, 2.24) is 0 Å². The molecule has 0 aromatic heterocycles. The maximum atomic E-state index is 10.5. The number of carbonyl (C=O) groups excluding carboxylic acids is 1. The quantitative estimate of drug-likeness (QED) is 0.361. The minimum absolute atomic E-state index is 1.13. The molecule has 70 valence electrons. The predicted molar refractivity (Wildman–Crippen MR) is 36.3 cm³/mol. The normalized spacial score (nSPS) is 18.0. The summed E-state index contributed by atoms with van der Waals surface area (Å²) >= 11 is 0. The monoisotopic (exact) mass is 178 g/mol. The van der Waals surface area contributed by atoms with E-state index in [9.17, 15) is 9.59 Å². The zero-order valence-corrected chi connectivity index (χ0v) is 6.34. The summed E-state index contributed by atoms with van der Waals surface area (Å²) in [6, 6.07) is 0. The van der Waals surface area contributed by atoms with Crippen molar-refractivity contribution in [3.8, 4) is 0 Å². The molecule has 0 radical (unpaired) electrons. The number of Topliss-reactive ketones (excluding diaryl/α,β-unsaturated/α-hetero) is 1. The third-order valence-electron chi connectivity index (χ3n) is 1.30. The molecule has 6 heteroatoms. The van der Waals surface area contributed by atoms with E-state index in [0.717, 1.165) is 6.92 Å². The average Bonchev–Trinajstić information content (AvgIpc) is 2.00. The van der Waals surface area contributed by atoms with Crippen LogP contribution in [-0.2, 0) is 9.59 Å². The van der Waals surface area contributed by atoms with E-state index in [4.69, 9.17) is 20.4 Å². The molecule has 0 bridgehead atoms. The number of ketones is 1. The number of hydrogen-bond acceptors (Lipinski definition) is 5. The van der Waals surface area contributed by atoms with Crippen molar-refractivity contribution in [2.24, 2.45) is 0 Å². The number of carboxylic acids is 1. The van der Waals surface area contributed by atoms with Crippen LogP contribution >= 0.6 is 0 Å². The second kappa shape index (κ2) is 4.15. The molecule has 0 spiro atoms. The topological polar surface area (TPSA) is 115 Å². The van der Waals surface area contributed by atoms with E-state index in [1.54, 1.807) is 0 Å². The van der Waals surface area contributed by atoms with Crippen LogP contribution in [0.4, 0.5) is 0 Å². The maximum Gasteiger partial charge on any atom is 0.375 e. The van der Waals surface area contributed by atoms with Crippen molar-refractivity contribution in [2.45, 2.75) is 25.2 Å². The summed E-state index contributed by atoms with van der Waals surface area (Å²) in [6.45, 7) is 1.13. The van der Waals surface area contributed by atoms with Gasteiger partial charge in [0, 0.05) is 0 Å². The Morgan fingerprint density at radius 1 is 1.17 bits per heavy atom. The highest BCUT2D eigenvalue weighted by molar-refractivity contribution is 6.34. The van der Waals surface area contributed by atoms with Crippen LogP contribution in [0.1, 0.15) is 6.92 Å². The van der Waals surface area contributed by atoms with Crippen molar-refractivity contribution in [3.63, 3.8) is 0 Å². The lowest BCUT2D eigenvalue weighted by molar-refractivity contribution is -0.158. The number of rotatable bonds is 4. The summed E-state index contributed by atoms with van der Waals surface area (Å²) in [5, 5.41) is 34.4. The zero-order valence-electron chi connectivity index (χ0n) is 6.34. The number of aliphatic hydroxyl groups is 3. The van der Waals surface area contributed by atoms with Gasteiger partial charge in [0.15, 0.2) is 6.10 Å². The Morgan fingerprint density at radius 2 is 1.58 bits per heavy atom. The van der Waals surface area contributed by atoms with E-state index >= 15 is 0 Å². The lowest BCUT2D eigenvalue weighted by atomic mass is 10.1. The molecule has 0 fully saturated rings. The molecule has 0 aliphatic rings. The van der Waals surface area contributed by atoms with Crippen molar-refractivity contribution >= 4 is 11.8 Å². The molecule has 0 unspecified atom stereocenters. The van der Waals surface area contributed by atoms with Crippen molar-refractivity contribution in [2.75, 3.05) is 0 Å². The van der Waals surface area contributed by atoms with Crippen LogP contribution in [0, 0.1) is 0 Å². The van der Waals surface area contributed by atoms with E-state index in [1.807, 2.05) is 0 Å². The van der Waals surface area contributed by atoms with Crippen LogP contribution < -0.4 is 0 Å². The number of hydrogen-bond donors (Lipinski definition) is 4. The summed E-state index contributed by atoms with van der Waals surface area (Å²) in [5.74, 6) is -3.38. The zero-order chi connectivity index (χ0) is 9.89. The Hall–Kier alpha value is -0.980. The average molecular weight is 178 g/mol. The van der Waals surface area contributed by atoms with Crippen molar-refractivity contribution in [1.29, 1.82) is 0 Å². The molecule has 4 N–H and O–H groups in total. The predicted octanol–water partition coefficient (Wildman–Crippen LogP) is -2.26. The van der Waals surface area contributed by atoms with Crippen LogP contribution in [0.2, 0.25) is 0 Å². The summed E-state index contributed by atoms with van der Waals surface area (Å²) in [7, 11) is 0. The molecule has 0 saturated heterocycles. The molecule has 0 saturated carbocycles. The summed E-state index contributed by atoms with van der Waals surface area (Å²) in [6.07, 6.45) is -5.21. The summed E-state index contributed by atoms with van der Waals surface area (Å²) < 4.78 is 0. The first kappa shape index (κ1) is 11.0. The Morgan fingerprint density at radius 3 is 1.83 bits per heavy atom. The van der Waals surface area contributed by atoms with Gasteiger partial charge in [-0.2, -0.15) is 0 Å². The molecule has 0 aliphatic heterocycles. The van der Waals surface area contributed by atoms with Gasteiger partial charge in [-0.3, -0.25) is 4.79 Å². The largest absolute Gasteiger partial charge is 0.475 e. The Balaban J connectivity index is 4.29. The standard InChI is InChI=1S/C6H10O6/c1-2(7)3(8)4(9)5(10)6(11)12/h2-4,7-9H,1H3,(H,11,12)/t2-,3-,4-/m0/s1. The van der Waals surface area contributed by atoms with Crippen LogP contribution in [-0.4, -0.2) is 50.5 Å². The second-order valence-electron chi connectivity index (χ2n) is 2.35. The summed E-state index contributed by atoms with van der Waals surface area (Å²) in [4.78, 5) is 20.4. The van der Waals surface area contributed by atoms with E-state index < -0.39 is 30.1 Å². The molecular formula is C6H10O6. The van der Waals surface area contributed by atoms with Crippen LogP contribution in [0.15, 0.2) is 0 Å². The van der Waals surface area contributed by atoms with Crippen LogP contribution in [0.3, 0.4) is 0 Å². The maximum absolute atomic E-state index is 10.5. The molecule has 0 amide bonds. The highest BCUT2D eigenvalue weighted by Crippen LogP contribution is 2.00. The van der Waals surface area contributed by atoms with E-state index in [0.29, 0.717) is 0 Å². The van der Waals surface area contributed by atoms with Crippen molar-refractivity contribution in [3.05, 3.63) is 0 Å². The lowest BCUT2D eigenvalue weighted by Gasteiger charge is -2.16. The van der Waals surface area contributed by atoms with Gasteiger partial charge in [0.1, 0.15) is 6.10 Å². The lowest BCUT2D eigenvalue weighted by Crippen LogP contribution is -2.43. The van der Waals surface area contributed by atoms with E-state index in [-0.39, 0.29) is 0 Å². The Bertz CT molecular complexity index is 186. The first-order valence-corrected chi connectivity index (χ1v) is 3.19. The molecular weight excluding hydrogens is 168 g/mol. The number of aliphatic hydroxyl groups excluding tert-OH is 3. The van der Waals surface area contributed by atoms with Gasteiger partial charge in [0.2, 0.25) is 0 Å². The Labute approximate surface area is 68.1 Å². The minimum atomic E-state index is -2.08. The van der Waals surface area contributed by atoms with E-state index in [2.05, 4.69) is 0 Å². The molecule has 6 nitrogen and oxygen atoms in total. The fraction of sp³-hybridized carbons (Fsp3) is 0.667. The number of carbonyl (C=O) groups is 2. The van der Waals surface area contributed by atoms with Crippen LogP contribution in [0.25, 0.3) is 0 Å². The highest BCUT2D eigenvalue weighted by atomic mass is 16.4. The fourth-order valence-electron chi connectivity index (χ4n) is 0.545. The molecule has 0 aliphatic carbocycles. The van der Waals surface area contributed by atoms with Crippen molar-refractivity contribution < 1.29 is 30.0 Å². The van der Waals surface area contributed by atoms with Gasteiger partial charge in [-0.15, -0.1) is 0 Å². The van der Waals surface area contributed by atoms with Gasteiger partial charge in [-0.05, 0) is 6.92 Å². The molecule has 0 rings (SSSR count). The molecule has 3 atom stereocenters. The van der Waals surface area contributed by atoms with Gasteiger partial charge in [-0.25, -0.2) is 4.79 Å². The molecule has 0 aromatic rings. The van der Waals surface area contributed by atoms with Gasteiger partial charge < -0.3 is 20.4 Å². The fourth-order valence-corrected chi connectivity index (χ4v) is 0.545. The first-order valence-electron chi connectivity index (χ1n) is 3.19. The number of carboxylic acid groups (broad SMARTS) is 1. The van der Waals surface area contributed by atoms with Gasteiger partial charge in [0.25, 0.3) is 5.78 Å². The smallest absolute Gasteiger partial charge is 0.375 e. The third-order valence-corrected chi connectivity index (χ3v) is 1.30.